The van der Waals surface area contributed by atoms with E-state index in [4.69, 9.17) is 10.1 Å². The van der Waals surface area contributed by atoms with Crippen LogP contribution in [-0.2, 0) is 6.42 Å². The maximum absolute atomic E-state index is 4.73. The molecular weight excluding hydrogens is 334 g/mol. The highest BCUT2D eigenvalue weighted by molar-refractivity contribution is 5.50. The quantitative estimate of drug-likeness (QED) is 0.544. The van der Waals surface area contributed by atoms with E-state index in [0.29, 0.717) is 11.7 Å². The summed E-state index contributed by atoms with van der Waals surface area (Å²) in [5.41, 5.74) is 6.69. The van der Waals surface area contributed by atoms with Crippen molar-refractivity contribution in [3.63, 3.8) is 0 Å². The fourth-order valence-corrected chi connectivity index (χ4v) is 3.45. The second-order valence-electron chi connectivity index (χ2n) is 6.85. The maximum atomic E-state index is 4.73. The van der Waals surface area contributed by atoms with Gasteiger partial charge in [-0.15, -0.1) is 5.10 Å². The molecule has 1 aromatic carbocycles. The summed E-state index contributed by atoms with van der Waals surface area (Å²) in [5.74, 6) is 1.31. The number of hydrogen-bond donors (Lipinski definition) is 0. The van der Waals surface area contributed by atoms with Crippen molar-refractivity contribution < 1.29 is 0 Å². The van der Waals surface area contributed by atoms with E-state index in [2.05, 4.69) is 66.7 Å². The Bertz CT molecular complexity index is 1110. The molecule has 3 aromatic heterocycles. The molecule has 0 saturated heterocycles. The van der Waals surface area contributed by atoms with Gasteiger partial charge in [-0.2, -0.15) is 9.50 Å². The molecule has 3 heterocycles. The SMILES string of the molecule is Cc1nc2nc(-n3c(C)ccc3C)nn2c(C)c1CC=Cc1ccccc1. The molecule has 27 heavy (non-hydrogen) atoms. The molecule has 0 aliphatic rings. The molecule has 0 N–H and O–H groups in total. The first kappa shape index (κ1) is 17.2. The van der Waals surface area contributed by atoms with Crippen molar-refractivity contribution in [3.05, 3.63) is 82.4 Å². The van der Waals surface area contributed by atoms with Gasteiger partial charge in [-0.1, -0.05) is 42.5 Å². The Kier molecular flexibility index (Phi) is 4.36. The first-order valence-corrected chi connectivity index (χ1v) is 9.14. The van der Waals surface area contributed by atoms with Crippen LogP contribution in [0.1, 0.15) is 33.9 Å². The molecule has 5 nitrogen and oxygen atoms in total. The molecule has 136 valence electrons. The number of nitrogens with zero attached hydrogens (tertiary/aromatic N) is 5. The minimum atomic E-state index is 0.642. The zero-order chi connectivity index (χ0) is 19.0. The van der Waals surface area contributed by atoms with Gasteiger partial charge in [0.05, 0.1) is 0 Å². The van der Waals surface area contributed by atoms with Crippen LogP contribution in [0.5, 0.6) is 0 Å². The van der Waals surface area contributed by atoms with E-state index in [1.54, 1.807) is 0 Å². The summed E-state index contributed by atoms with van der Waals surface area (Å²) in [6, 6.07) is 14.5. The molecule has 0 radical (unpaired) electrons. The summed E-state index contributed by atoms with van der Waals surface area (Å²) in [4.78, 5) is 9.35. The van der Waals surface area contributed by atoms with E-state index in [1.807, 2.05) is 29.6 Å². The van der Waals surface area contributed by atoms with Crippen molar-refractivity contribution in [2.75, 3.05) is 0 Å². The summed E-state index contributed by atoms with van der Waals surface area (Å²) in [6.45, 7) is 8.24. The lowest BCUT2D eigenvalue weighted by molar-refractivity contribution is 0.819. The van der Waals surface area contributed by atoms with E-state index in [-0.39, 0.29) is 0 Å². The lowest BCUT2D eigenvalue weighted by Crippen LogP contribution is -2.05. The third-order valence-corrected chi connectivity index (χ3v) is 4.94. The Morgan fingerprint density at radius 3 is 2.30 bits per heavy atom. The average molecular weight is 357 g/mol. The summed E-state index contributed by atoms with van der Waals surface area (Å²) in [5, 5.41) is 4.73. The Labute approximate surface area is 159 Å². The summed E-state index contributed by atoms with van der Waals surface area (Å²) in [7, 11) is 0. The molecule has 4 rings (SSSR count). The minimum absolute atomic E-state index is 0.642. The van der Waals surface area contributed by atoms with Gasteiger partial charge < -0.3 is 0 Å². The zero-order valence-corrected chi connectivity index (χ0v) is 16.1. The van der Waals surface area contributed by atoms with Crippen molar-refractivity contribution in [2.45, 2.75) is 34.1 Å². The van der Waals surface area contributed by atoms with Crippen molar-refractivity contribution in [3.8, 4) is 5.95 Å². The average Bonchev–Trinajstić information content (AvgIpc) is 3.21. The van der Waals surface area contributed by atoms with E-state index in [9.17, 15) is 0 Å². The second kappa shape index (κ2) is 6.83. The van der Waals surface area contributed by atoms with Gasteiger partial charge in [0.25, 0.3) is 11.7 Å². The lowest BCUT2D eigenvalue weighted by Gasteiger charge is -2.08. The minimum Gasteiger partial charge on any atom is -0.286 e. The van der Waals surface area contributed by atoms with Gasteiger partial charge in [0.1, 0.15) is 0 Å². The number of aromatic nitrogens is 5. The monoisotopic (exact) mass is 357 g/mol. The van der Waals surface area contributed by atoms with E-state index in [0.717, 1.165) is 29.2 Å². The number of hydrogen-bond acceptors (Lipinski definition) is 3. The van der Waals surface area contributed by atoms with E-state index in [1.165, 1.54) is 11.1 Å². The standard InChI is InChI=1S/C22H23N5/c1-15-13-14-16(2)26(15)22-24-21-23-17(3)20(18(4)27(21)25-22)12-8-11-19-9-6-5-7-10-19/h5-11,13-14H,12H2,1-4H3. The molecule has 0 aliphatic heterocycles. The van der Waals surface area contributed by atoms with Crippen LogP contribution >= 0.6 is 0 Å². The molecule has 0 aliphatic carbocycles. The summed E-state index contributed by atoms with van der Waals surface area (Å²) < 4.78 is 3.91. The molecule has 0 bridgehead atoms. The smallest absolute Gasteiger partial charge is 0.255 e. The van der Waals surface area contributed by atoms with Crippen LogP contribution in [-0.4, -0.2) is 24.1 Å². The predicted octanol–water partition coefficient (Wildman–Crippen LogP) is 4.40. The van der Waals surface area contributed by atoms with Gasteiger partial charge in [0.15, 0.2) is 0 Å². The second-order valence-corrected chi connectivity index (χ2v) is 6.85. The zero-order valence-electron chi connectivity index (χ0n) is 16.1. The number of fused-ring (bicyclic) bond motifs is 1. The molecule has 0 atom stereocenters. The van der Waals surface area contributed by atoms with Gasteiger partial charge in [-0.3, -0.25) is 4.57 Å². The van der Waals surface area contributed by atoms with Crippen molar-refractivity contribution >= 4 is 11.9 Å². The maximum Gasteiger partial charge on any atom is 0.255 e. The van der Waals surface area contributed by atoms with Crippen LogP contribution in [0.25, 0.3) is 17.8 Å². The molecule has 4 aromatic rings. The molecule has 0 saturated carbocycles. The van der Waals surface area contributed by atoms with E-state index >= 15 is 0 Å². The van der Waals surface area contributed by atoms with Gasteiger partial charge in [-0.25, -0.2) is 4.98 Å². The van der Waals surface area contributed by atoms with Crippen LogP contribution in [0.4, 0.5) is 0 Å². The Balaban J connectivity index is 1.71. The third kappa shape index (κ3) is 3.16. The Morgan fingerprint density at radius 1 is 0.889 bits per heavy atom. The van der Waals surface area contributed by atoms with Crippen molar-refractivity contribution in [1.82, 2.24) is 24.1 Å². The number of allylic oxidation sites excluding steroid dienone is 1. The molecule has 0 unspecified atom stereocenters. The van der Waals surface area contributed by atoms with Gasteiger partial charge in [0.2, 0.25) is 0 Å². The topological polar surface area (TPSA) is 48.0 Å². The number of rotatable bonds is 4. The fraction of sp³-hybridized carbons (Fsp3) is 0.227. The summed E-state index contributed by atoms with van der Waals surface area (Å²) in [6.07, 6.45) is 5.13. The highest BCUT2D eigenvalue weighted by Crippen LogP contribution is 2.18. The molecule has 0 amide bonds. The highest BCUT2D eigenvalue weighted by Gasteiger charge is 2.15. The lowest BCUT2D eigenvalue weighted by atomic mass is 10.1. The van der Waals surface area contributed by atoms with Gasteiger partial charge >= 0.3 is 0 Å². The molecular formula is C22H23N5. The first-order chi connectivity index (χ1) is 13.0. The Morgan fingerprint density at radius 2 is 1.59 bits per heavy atom. The third-order valence-electron chi connectivity index (χ3n) is 4.94. The van der Waals surface area contributed by atoms with Crippen LogP contribution < -0.4 is 0 Å². The summed E-state index contributed by atoms with van der Waals surface area (Å²) >= 11 is 0. The van der Waals surface area contributed by atoms with E-state index < -0.39 is 0 Å². The molecule has 0 fully saturated rings. The first-order valence-electron chi connectivity index (χ1n) is 9.14. The normalized spacial score (nSPS) is 11.7. The van der Waals surface area contributed by atoms with Gasteiger partial charge in [0, 0.05) is 22.8 Å². The predicted molar refractivity (Wildman–Crippen MR) is 108 cm³/mol. The largest absolute Gasteiger partial charge is 0.286 e. The van der Waals surface area contributed by atoms with Gasteiger partial charge in [-0.05, 0) is 57.4 Å². The van der Waals surface area contributed by atoms with Crippen LogP contribution in [0.2, 0.25) is 0 Å². The fourth-order valence-electron chi connectivity index (χ4n) is 3.45. The van der Waals surface area contributed by atoms with Crippen molar-refractivity contribution in [1.29, 1.82) is 0 Å². The molecule has 5 heteroatoms. The van der Waals surface area contributed by atoms with Crippen LogP contribution in [0, 0.1) is 27.7 Å². The molecule has 0 spiro atoms. The van der Waals surface area contributed by atoms with Crippen LogP contribution in [0.3, 0.4) is 0 Å². The highest BCUT2D eigenvalue weighted by atomic mass is 15.4. The number of aryl methyl sites for hydroxylation is 4. The van der Waals surface area contributed by atoms with Crippen LogP contribution in [0.15, 0.2) is 48.5 Å². The van der Waals surface area contributed by atoms with Crippen molar-refractivity contribution in [2.24, 2.45) is 0 Å². The Hall–Kier alpha value is -3.21. The number of benzene rings is 1.